The lowest BCUT2D eigenvalue weighted by molar-refractivity contribution is -0.0500. The maximum absolute atomic E-state index is 12.1. The van der Waals surface area contributed by atoms with E-state index in [1.807, 2.05) is 0 Å². The van der Waals surface area contributed by atoms with Crippen LogP contribution in [0.1, 0.15) is 11.7 Å². The van der Waals surface area contributed by atoms with Gasteiger partial charge in [-0.05, 0) is 12.1 Å². The molecule has 1 aromatic rings. The van der Waals surface area contributed by atoms with Gasteiger partial charge < -0.3 is 14.0 Å². The summed E-state index contributed by atoms with van der Waals surface area (Å²) in [5.41, 5.74) is -5.13. The third-order valence-electron chi connectivity index (χ3n) is 2.23. The molecule has 18 heavy (non-hydrogen) atoms. The molecule has 0 radical (unpaired) electrons. The van der Waals surface area contributed by atoms with Crippen LogP contribution >= 0.6 is 0 Å². The Bertz CT molecular complexity index is 566. The number of hydrogen-bond donors (Lipinski definition) is 1. The molecule has 0 saturated carbocycles. The van der Waals surface area contributed by atoms with Crippen molar-refractivity contribution in [3.8, 4) is 11.5 Å². The van der Waals surface area contributed by atoms with E-state index in [1.165, 1.54) is 6.07 Å². The molecule has 0 spiro atoms. The summed E-state index contributed by atoms with van der Waals surface area (Å²) in [4.78, 5) is 0. The topological polar surface area (TPSA) is 72.8 Å². The maximum Gasteiger partial charge on any atom is 0.534 e. The number of alkyl halides is 3. The van der Waals surface area contributed by atoms with Gasteiger partial charge in [0.15, 0.2) is 0 Å². The number of ether oxygens (including phenoxy) is 1. The number of aliphatic hydroxyl groups excluding tert-OH is 1. The van der Waals surface area contributed by atoms with Gasteiger partial charge >= 0.3 is 15.6 Å². The Balaban J connectivity index is 2.28. The zero-order chi connectivity index (χ0) is 13.6. The molecule has 9 heteroatoms. The highest BCUT2D eigenvalue weighted by molar-refractivity contribution is 7.87. The van der Waals surface area contributed by atoms with Crippen molar-refractivity contribution in [1.29, 1.82) is 0 Å². The van der Waals surface area contributed by atoms with Crippen molar-refractivity contribution in [1.82, 2.24) is 0 Å². The van der Waals surface area contributed by atoms with E-state index in [0.717, 1.165) is 12.1 Å². The van der Waals surface area contributed by atoms with Gasteiger partial charge in [-0.1, -0.05) is 0 Å². The molecule has 0 unspecified atom stereocenters. The summed E-state index contributed by atoms with van der Waals surface area (Å²) < 4.78 is 66.6. The zero-order valence-electron chi connectivity index (χ0n) is 8.64. The van der Waals surface area contributed by atoms with E-state index in [1.54, 1.807) is 0 Å². The van der Waals surface area contributed by atoms with Gasteiger partial charge in [-0.25, -0.2) is 0 Å². The van der Waals surface area contributed by atoms with Crippen molar-refractivity contribution in [3.05, 3.63) is 23.8 Å². The molecular formula is C9H7F3O5S. The molecular weight excluding hydrogens is 277 g/mol. The summed E-state index contributed by atoms with van der Waals surface area (Å²) in [5.74, 6) is -0.433. The quantitative estimate of drug-likeness (QED) is 0.655. The average Bonchev–Trinajstić information content (AvgIpc) is 2.58. The smallest absolute Gasteiger partial charge is 0.490 e. The first-order valence-corrected chi connectivity index (χ1v) is 6.07. The van der Waals surface area contributed by atoms with Crippen molar-refractivity contribution < 1.29 is 35.6 Å². The Hall–Kier alpha value is -1.48. The summed E-state index contributed by atoms with van der Waals surface area (Å²) in [7, 11) is -5.70. The lowest BCUT2D eigenvalue weighted by Gasteiger charge is -2.10. The van der Waals surface area contributed by atoms with Gasteiger partial charge in [0, 0.05) is 11.6 Å². The molecule has 0 amide bonds. The van der Waals surface area contributed by atoms with Crippen LogP contribution in [-0.2, 0) is 10.1 Å². The summed E-state index contributed by atoms with van der Waals surface area (Å²) in [6.07, 6.45) is -0.881. The van der Waals surface area contributed by atoms with Gasteiger partial charge in [-0.2, -0.15) is 21.6 Å². The van der Waals surface area contributed by atoms with Gasteiger partial charge in [0.1, 0.15) is 24.2 Å². The second-order valence-corrected chi connectivity index (χ2v) is 5.05. The van der Waals surface area contributed by atoms with E-state index in [2.05, 4.69) is 4.18 Å². The minimum atomic E-state index is -5.70. The predicted octanol–water partition coefficient (Wildman–Crippen LogP) is 1.34. The number of halogens is 3. The number of benzene rings is 1. The molecule has 0 saturated heterocycles. The molecule has 2 rings (SSSR count). The first-order chi connectivity index (χ1) is 8.21. The van der Waals surface area contributed by atoms with Gasteiger partial charge in [-0.3, -0.25) is 0 Å². The molecule has 1 heterocycles. The van der Waals surface area contributed by atoms with Crippen molar-refractivity contribution in [2.24, 2.45) is 0 Å². The highest BCUT2D eigenvalue weighted by Gasteiger charge is 2.48. The molecule has 5 nitrogen and oxygen atoms in total. The Morgan fingerprint density at radius 2 is 2.06 bits per heavy atom. The van der Waals surface area contributed by atoms with E-state index in [0.29, 0.717) is 5.56 Å². The molecule has 1 aromatic carbocycles. The summed E-state index contributed by atoms with van der Waals surface area (Å²) >= 11 is 0. The first-order valence-electron chi connectivity index (χ1n) is 4.66. The molecule has 0 bridgehead atoms. The van der Waals surface area contributed by atoms with Crippen LogP contribution in [-0.4, -0.2) is 25.6 Å². The normalized spacial score (nSPS) is 19.2. The molecule has 1 atom stereocenters. The Morgan fingerprint density at radius 1 is 1.39 bits per heavy atom. The summed E-state index contributed by atoms with van der Waals surface area (Å²) in [6, 6.07) is 3.24. The third-order valence-corrected chi connectivity index (χ3v) is 3.21. The number of rotatable bonds is 2. The lowest BCUT2D eigenvalue weighted by atomic mass is 10.1. The second kappa shape index (κ2) is 4.02. The molecule has 1 N–H and O–H groups in total. The molecule has 0 aliphatic carbocycles. The summed E-state index contributed by atoms with van der Waals surface area (Å²) in [5, 5.41) is 9.37. The SMILES string of the molecule is O=S(=O)(Oc1ccc2c(c1)OC[C@@H]2O)C(F)(F)F. The maximum atomic E-state index is 12.1. The Labute approximate surface area is 99.9 Å². The van der Waals surface area contributed by atoms with Gasteiger partial charge in [0.25, 0.3) is 0 Å². The van der Waals surface area contributed by atoms with Crippen molar-refractivity contribution in [2.45, 2.75) is 11.6 Å². The molecule has 0 aromatic heterocycles. The minimum absolute atomic E-state index is 0.0369. The zero-order valence-corrected chi connectivity index (χ0v) is 9.46. The third kappa shape index (κ3) is 2.23. The number of aliphatic hydroxyl groups is 1. The van der Waals surface area contributed by atoms with Crippen LogP contribution in [0.15, 0.2) is 18.2 Å². The molecule has 1 aliphatic rings. The molecule has 0 fully saturated rings. The number of fused-ring (bicyclic) bond motifs is 1. The van der Waals surface area contributed by atoms with E-state index in [-0.39, 0.29) is 12.4 Å². The van der Waals surface area contributed by atoms with E-state index in [9.17, 15) is 26.7 Å². The van der Waals surface area contributed by atoms with Crippen LogP contribution in [0.4, 0.5) is 13.2 Å². The Kier molecular flexibility index (Phi) is 2.90. The minimum Gasteiger partial charge on any atom is -0.490 e. The second-order valence-electron chi connectivity index (χ2n) is 3.51. The summed E-state index contributed by atoms with van der Waals surface area (Å²) in [6.45, 7) is -0.0369. The number of hydrogen-bond acceptors (Lipinski definition) is 5. The fraction of sp³-hybridized carbons (Fsp3) is 0.333. The van der Waals surface area contributed by atoms with Crippen molar-refractivity contribution >= 4 is 10.1 Å². The van der Waals surface area contributed by atoms with E-state index < -0.39 is 27.5 Å². The van der Waals surface area contributed by atoms with Crippen LogP contribution in [0.5, 0.6) is 11.5 Å². The molecule has 1 aliphatic heterocycles. The van der Waals surface area contributed by atoms with Crippen molar-refractivity contribution in [3.63, 3.8) is 0 Å². The van der Waals surface area contributed by atoms with Crippen LogP contribution in [0.3, 0.4) is 0 Å². The van der Waals surface area contributed by atoms with Crippen LogP contribution in [0.25, 0.3) is 0 Å². The lowest BCUT2D eigenvalue weighted by Crippen LogP contribution is -2.28. The standard InChI is InChI=1S/C9H7F3O5S/c10-9(11,12)18(14,15)17-5-1-2-6-7(13)4-16-8(6)3-5/h1-3,7,13H,4H2/t7-/m0/s1. The van der Waals surface area contributed by atoms with Gasteiger partial charge in [0.2, 0.25) is 0 Å². The van der Waals surface area contributed by atoms with Crippen LogP contribution in [0, 0.1) is 0 Å². The predicted molar refractivity (Wildman–Crippen MR) is 52.5 cm³/mol. The average molecular weight is 284 g/mol. The van der Waals surface area contributed by atoms with Crippen molar-refractivity contribution in [2.75, 3.05) is 6.61 Å². The molecule has 100 valence electrons. The van der Waals surface area contributed by atoms with Crippen LogP contribution in [0.2, 0.25) is 0 Å². The fourth-order valence-electron chi connectivity index (χ4n) is 1.40. The largest absolute Gasteiger partial charge is 0.534 e. The van der Waals surface area contributed by atoms with E-state index in [4.69, 9.17) is 4.74 Å². The highest BCUT2D eigenvalue weighted by Crippen LogP contribution is 2.36. The Morgan fingerprint density at radius 3 is 2.67 bits per heavy atom. The van der Waals surface area contributed by atoms with E-state index >= 15 is 0 Å². The fourth-order valence-corrected chi connectivity index (χ4v) is 1.85. The monoisotopic (exact) mass is 284 g/mol. The highest BCUT2D eigenvalue weighted by atomic mass is 32.2. The first kappa shape index (κ1) is 13.0. The van der Waals surface area contributed by atoms with Gasteiger partial charge in [-0.15, -0.1) is 0 Å². The van der Waals surface area contributed by atoms with Gasteiger partial charge in [0.05, 0.1) is 0 Å². The van der Waals surface area contributed by atoms with Crippen LogP contribution < -0.4 is 8.92 Å².